The molecule has 16 heteroatoms. The van der Waals surface area contributed by atoms with Crippen LogP contribution in [0, 0.1) is 5.82 Å². The number of hydrogen-bond donors (Lipinski definition) is 1. The van der Waals surface area contributed by atoms with Crippen molar-refractivity contribution in [3.63, 3.8) is 0 Å². The lowest BCUT2D eigenvalue weighted by Crippen LogP contribution is -2.29. The quantitative estimate of drug-likeness (QED) is 0.311. The van der Waals surface area contributed by atoms with Crippen molar-refractivity contribution in [1.82, 2.24) is 24.7 Å². The predicted molar refractivity (Wildman–Crippen MR) is 132 cm³/mol. The van der Waals surface area contributed by atoms with Gasteiger partial charge in [0.1, 0.15) is 16.9 Å². The Kier molecular flexibility index (Phi) is 7.74. The molecule has 212 valence electrons. The number of sulfone groups is 1. The molecule has 0 saturated heterocycles. The van der Waals surface area contributed by atoms with Crippen LogP contribution in [0.15, 0.2) is 57.5 Å². The summed E-state index contributed by atoms with van der Waals surface area (Å²) in [5.74, 6) is -1.85. The van der Waals surface area contributed by atoms with Crippen molar-refractivity contribution in [3.05, 3.63) is 75.1 Å². The third-order valence-corrected chi connectivity index (χ3v) is 6.84. The molecule has 0 amide bonds. The van der Waals surface area contributed by atoms with E-state index < -0.39 is 69.5 Å². The molecular formula is C24H20F5N5O5S. The SMILES string of the molecule is C[C@@H](C[C@@H](F)Cn1ccc2cc(-c3ncc(S(C)(=O)=O)cn3)c(F)cc2c1=O)Oc1cn[nH]c(=O)c1C(F)(F)F. The molecule has 0 aliphatic rings. The largest absolute Gasteiger partial charge is 0.488 e. The third-order valence-electron chi connectivity index (χ3n) is 5.78. The molecule has 4 aromatic rings. The fourth-order valence-electron chi connectivity index (χ4n) is 3.92. The summed E-state index contributed by atoms with van der Waals surface area (Å²) in [4.78, 5) is 32.1. The number of pyridine rings is 1. The number of ether oxygens (including phenoxy) is 1. The van der Waals surface area contributed by atoms with E-state index in [2.05, 4.69) is 15.1 Å². The van der Waals surface area contributed by atoms with E-state index in [9.17, 15) is 40.0 Å². The van der Waals surface area contributed by atoms with Gasteiger partial charge in [-0.1, -0.05) is 0 Å². The van der Waals surface area contributed by atoms with Gasteiger partial charge in [-0.25, -0.2) is 32.3 Å². The predicted octanol–water partition coefficient (Wildman–Crippen LogP) is 3.30. The number of rotatable bonds is 8. The lowest BCUT2D eigenvalue weighted by molar-refractivity contribution is -0.140. The van der Waals surface area contributed by atoms with Crippen LogP contribution in [-0.4, -0.2) is 51.7 Å². The molecule has 10 nitrogen and oxygen atoms in total. The van der Waals surface area contributed by atoms with Crippen LogP contribution in [0.3, 0.4) is 0 Å². The second kappa shape index (κ2) is 10.7. The smallest absolute Gasteiger partial charge is 0.425 e. The molecular weight excluding hydrogens is 565 g/mol. The molecule has 1 N–H and O–H groups in total. The molecule has 0 radical (unpaired) electrons. The third kappa shape index (κ3) is 6.16. The Hall–Kier alpha value is -4.21. The number of benzene rings is 1. The van der Waals surface area contributed by atoms with E-state index in [0.29, 0.717) is 6.20 Å². The number of nitrogens with one attached hydrogen (secondary N) is 1. The first kappa shape index (κ1) is 28.8. The minimum atomic E-state index is -5.03. The molecule has 0 aliphatic carbocycles. The second-order valence-electron chi connectivity index (χ2n) is 8.90. The highest BCUT2D eigenvalue weighted by Crippen LogP contribution is 2.33. The fraction of sp³-hybridized carbons (Fsp3) is 0.292. The lowest BCUT2D eigenvalue weighted by Gasteiger charge is -2.19. The zero-order valence-corrected chi connectivity index (χ0v) is 21.6. The summed E-state index contributed by atoms with van der Waals surface area (Å²) in [6.45, 7) is 0.778. The van der Waals surface area contributed by atoms with E-state index in [-0.39, 0.29) is 27.1 Å². The molecule has 2 atom stereocenters. The van der Waals surface area contributed by atoms with E-state index >= 15 is 0 Å². The number of aromatic nitrogens is 5. The van der Waals surface area contributed by atoms with E-state index in [0.717, 1.165) is 29.3 Å². The molecule has 3 aromatic heterocycles. The van der Waals surface area contributed by atoms with Gasteiger partial charge in [0.2, 0.25) is 0 Å². The van der Waals surface area contributed by atoms with Gasteiger partial charge in [-0.15, -0.1) is 0 Å². The first-order chi connectivity index (χ1) is 18.6. The number of H-pyrrole nitrogens is 1. The summed E-state index contributed by atoms with van der Waals surface area (Å²) in [7, 11) is -3.56. The fourth-order valence-corrected chi connectivity index (χ4v) is 4.41. The van der Waals surface area contributed by atoms with Crippen LogP contribution in [0.4, 0.5) is 22.0 Å². The van der Waals surface area contributed by atoms with E-state index in [1.807, 2.05) is 0 Å². The molecule has 1 aromatic carbocycles. The van der Waals surface area contributed by atoms with Gasteiger partial charge in [-0.2, -0.15) is 18.3 Å². The van der Waals surface area contributed by atoms with Gasteiger partial charge in [0.15, 0.2) is 27.0 Å². The Bertz CT molecular complexity index is 1790. The van der Waals surface area contributed by atoms with Crippen LogP contribution in [0.5, 0.6) is 5.75 Å². The van der Waals surface area contributed by atoms with Gasteiger partial charge in [0.05, 0.1) is 29.8 Å². The van der Waals surface area contributed by atoms with Crippen molar-refractivity contribution in [3.8, 4) is 17.1 Å². The van der Waals surface area contributed by atoms with Gasteiger partial charge in [0, 0.05) is 31.3 Å². The van der Waals surface area contributed by atoms with Crippen LogP contribution in [0.2, 0.25) is 0 Å². The lowest BCUT2D eigenvalue weighted by atomic mass is 10.1. The van der Waals surface area contributed by atoms with Crippen molar-refractivity contribution in [2.45, 2.75) is 43.2 Å². The van der Waals surface area contributed by atoms with Crippen LogP contribution in [-0.2, 0) is 22.6 Å². The van der Waals surface area contributed by atoms with Gasteiger partial charge < -0.3 is 9.30 Å². The number of alkyl halides is 4. The van der Waals surface area contributed by atoms with Crippen molar-refractivity contribution < 1.29 is 35.1 Å². The van der Waals surface area contributed by atoms with Crippen LogP contribution >= 0.6 is 0 Å². The van der Waals surface area contributed by atoms with Gasteiger partial charge in [0.25, 0.3) is 11.1 Å². The number of halogens is 5. The Balaban J connectivity index is 1.52. The number of hydrogen-bond acceptors (Lipinski definition) is 8. The average Bonchev–Trinajstić information content (AvgIpc) is 2.84. The molecule has 3 heterocycles. The number of nitrogens with zero attached hydrogens (tertiary/aromatic N) is 4. The van der Waals surface area contributed by atoms with Gasteiger partial charge >= 0.3 is 6.18 Å². The van der Waals surface area contributed by atoms with Gasteiger partial charge in [-0.3, -0.25) is 9.59 Å². The van der Waals surface area contributed by atoms with Crippen LogP contribution < -0.4 is 15.9 Å². The van der Waals surface area contributed by atoms with E-state index in [1.165, 1.54) is 25.3 Å². The maximum Gasteiger partial charge on any atom is 0.425 e. The highest BCUT2D eigenvalue weighted by atomic mass is 32.2. The molecule has 4 rings (SSSR count). The maximum atomic E-state index is 14.9. The van der Waals surface area contributed by atoms with Crippen molar-refractivity contribution in [2.75, 3.05) is 6.26 Å². The van der Waals surface area contributed by atoms with Crippen LogP contribution in [0.25, 0.3) is 22.2 Å². The Morgan fingerprint density at radius 1 is 1.12 bits per heavy atom. The van der Waals surface area contributed by atoms with Crippen molar-refractivity contribution in [1.29, 1.82) is 0 Å². The standard InChI is InChI=1S/C24H20F5N5O5S/c1-12(39-19-10-32-33-22(35)20(19)24(27,28)29)5-14(25)11-34-4-3-13-6-17(18(26)7-16(13)23(34)36)21-30-8-15(9-31-21)40(2,37)38/h3-4,6-10,12,14H,5,11H2,1-2H3,(H,33,35)/t12-,14+/m0/s1. The molecule has 40 heavy (non-hydrogen) atoms. The first-order valence-corrected chi connectivity index (χ1v) is 13.3. The first-order valence-electron chi connectivity index (χ1n) is 11.5. The summed E-state index contributed by atoms with van der Waals surface area (Å²) >= 11 is 0. The van der Waals surface area contributed by atoms with E-state index in [4.69, 9.17) is 4.74 Å². The Labute approximate surface area is 222 Å². The Morgan fingerprint density at radius 3 is 2.42 bits per heavy atom. The summed E-state index contributed by atoms with van der Waals surface area (Å²) < 4.78 is 98.6. The zero-order chi connectivity index (χ0) is 29.4. The van der Waals surface area contributed by atoms with Crippen LogP contribution in [0.1, 0.15) is 18.9 Å². The van der Waals surface area contributed by atoms with Crippen molar-refractivity contribution in [2.24, 2.45) is 0 Å². The summed E-state index contributed by atoms with van der Waals surface area (Å²) in [5, 5.41) is 5.14. The zero-order valence-electron chi connectivity index (χ0n) is 20.7. The minimum Gasteiger partial charge on any atom is -0.488 e. The summed E-state index contributed by atoms with van der Waals surface area (Å²) in [6, 6.07) is 3.64. The molecule has 0 fully saturated rings. The Morgan fingerprint density at radius 2 is 1.80 bits per heavy atom. The molecule has 0 bridgehead atoms. The normalized spacial score (nSPS) is 13.8. The molecule has 0 aliphatic heterocycles. The van der Waals surface area contributed by atoms with Crippen molar-refractivity contribution >= 4 is 20.6 Å². The molecule has 0 unspecified atom stereocenters. The monoisotopic (exact) mass is 585 g/mol. The summed E-state index contributed by atoms with van der Waals surface area (Å²) in [6.07, 6.45) is -3.41. The number of aromatic amines is 1. The number of fused-ring (bicyclic) bond motifs is 1. The average molecular weight is 586 g/mol. The van der Waals surface area contributed by atoms with E-state index in [1.54, 1.807) is 5.10 Å². The summed E-state index contributed by atoms with van der Waals surface area (Å²) in [5.41, 5.74) is -3.93. The molecule has 0 saturated carbocycles. The minimum absolute atomic E-state index is 0.0857. The highest BCUT2D eigenvalue weighted by molar-refractivity contribution is 7.90. The maximum absolute atomic E-state index is 14.9. The topological polar surface area (TPSA) is 137 Å². The highest BCUT2D eigenvalue weighted by Gasteiger charge is 2.38. The van der Waals surface area contributed by atoms with Gasteiger partial charge in [-0.05, 0) is 30.5 Å². The molecule has 0 spiro atoms. The second-order valence-corrected chi connectivity index (χ2v) is 10.9.